The Balaban J connectivity index is 1.90. The van der Waals surface area contributed by atoms with Gasteiger partial charge >= 0.3 is 6.18 Å². The lowest BCUT2D eigenvalue weighted by Gasteiger charge is -2.35. The van der Waals surface area contributed by atoms with Crippen LogP contribution in [0.3, 0.4) is 0 Å². The maximum atomic E-state index is 13.1. The fourth-order valence-corrected chi connectivity index (χ4v) is 3.11. The molecule has 0 spiro atoms. The third-order valence-electron chi connectivity index (χ3n) is 4.36. The van der Waals surface area contributed by atoms with Gasteiger partial charge in [-0.2, -0.15) is 13.2 Å². The summed E-state index contributed by atoms with van der Waals surface area (Å²) in [5.41, 5.74) is -0.293. The lowest BCUT2D eigenvalue weighted by atomic mass is 10.00. The molecule has 1 N–H and O–H groups in total. The molecular formula is C20H20F3N3O3. The van der Waals surface area contributed by atoms with E-state index in [2.05, 4.69) is 10.3 Å². The Morgan fingerprint density at radius 1 is 1.24 bits per heavy atom. The number of piperazine rings is 1. The molecule has 9 heteroatoms. The van der Waals surface area contributed by atoms with Gasteiger partial charge in [-0.05, 0) is 37.6 Å². The number of rotatable bonds is 4. The number of alkyl halides is 3. The molecule has 2 aromatic rings. The molecule has 1 fully saturated rings. The van der Waals surface area contributed by atoms with Gasteiger partial charge in [0.15, 0.2) is 0 Å². The second kappa shape index (κ2) is 8.10. The zero-order valence-electron chi connectivity index (χ0n) is 15.9. The van der Waals surface area contributed by atoms with Gasteiger partial charge in [0, 0.05) is 19.3 Å². The molecule has 2 amide bonds. The van der Waals surface area contributed by atoms with E-state index in [1.54, 1.807) is 0 Å². The minimum Gasteiger partial charge on any atom is -0.489 e. The summed E-state index contributed by atoms with van der Waals surface area (Å²) in [6.45, 7) is 4.14. The smallest absolute Gasteiger partial charge is 0.416 e. The van der Waals surface area contributed by atoms with E-state index in [0.717, 1.165) is 12.1 Å². The molecular weight excluding hydrogens is 387 g/mol. The first-order chi connectivity index (χ1) is 13.7. The molecule has 0 radical (unpaired) electrons. The summed E-state index contributed by atoms with van der Waals surface area (Å²) in [5, 5.41) is 2.65. The van der Waals surface area contributed by atoms with E-state index in [-0.39, 0.29) is 24.8 Å². The van der Waals surface area contributed by atoms with Crippen molar-refractivity contribution in [2.45, 2.75) is 32.2 Å². The second-order valence-electron chi connectivity index (χ2n) is 6.89. The van der Waals surface area contributed by atoms with Crippen molar-refractivity contribution in [2.24, 2.45) is 0 Å². The van der Waals surface area contributed by atoms with E-state index >= 15 is 0 Å². The van der Waals surface area contributed by atoms with Gasteiger partial charge in [0.1, 0.15) is 11.8 Å². The highest BCUT2D eigenvalue weighted by molar-refractivity contribution is 5.98. The standard InChI is InChI=1S/C20H20F3N3O3/c1-12(2)29-16-9-14(10-24-11-16)19(28)26-8-7-25-18(27)17(26)13-3-5-15(6-4-13)20(21,22)23/h3-6,9-12,17H,7-8H2,1-2H3,(H,25,27). The summed E-state index contributed by atoms with van der Waals surface area (Å²) in [6.07, 6.45) is -1.74. The van der Waals surface area contributed by atoms with Gasteiger partial charge in [-0.25, -0.2) is 0 Å². The molecule has 1 aliphatic heterocycles. The van der Waals surface area contributed by atoms with Crippen molar-refractivity contribution in [3.63, 3.8) is 0 Å². The number of carbonyl (C=O) groups is 2. The van der Waals surface area contributed by atoms with Crippen molar-refractivity contribution in [1.29, 1.82) is 0 Å². The van der Waals surface area contributed by atoms with Crippen LogP contribution in [0.25, 0.3) is 0 Å². The molecule has 0 bridgehead atoms. The number of hydrogen-bond acceptors (Lipinski definition) is 4. The molecule has 0 aliphatic carbocycles. The zero-order valence-corrected chi connectivity index (χ0v) is 15.9. The molecule has 6 nitrogen and oxygen atoms in total. The molecule has 1 aromatic carbocycles. The average molecular weight is 407 g/mol. The predicted octanol–water partition coefficient (Wildman–Crippen LogP) is 3.20. The summed E-state index contributed by atoms with van der Waals surface area (Å²) in [6, 6.07) is 4.74. The van der Waals surface area contributed by atoms with Gasteiger partial charge in [0.25, 0.3) is 5.91 Å². The largest absolute Gasteiger partial charge is 0.489 e. The van der Waals surface area contributed by atoms with Crippen LogP contribution in [0.4, 0.5) is 13.2 Å². The highest BCUT2D eigenvalue weighted by Gasteiger charge is 2.36. The molecule has 154 valence electrons. The molecule has 1 atom stereocenters. The minimum atomic E-state index is -4.48. The van der Waals surface area contributed by atoms with Crippen LogP contribution in [-0.4, -0.2) is 40.9 Å². The normalized spacial score (nSPS) is 17.2. The van der Waals surface area contributed by atoms with E-state index in [0.29, 0.717) is 11.3 Å². The first kappa shape index (κ1) is 20.6. The maximum absolute atomic E-state index is 13.1. The van der Waals surface area contributed by atoms with Crippen molar-refractivity contribution in [3.8, 4) is 5.75 Å². The molecule has 0 saturated carbocycles. The second-order valence-corrected chi connectivity index (χ2v) is 6.89. The Labute approximate surface area is 165 Å². The number of hydrogen-bond donors (Lipinski definition) is 1. The van der Waals surface area contributed by atoms with Crippen molar-refractivity contribution < 1.29 is 27.5 Å². The van der Waals surface area contributed by atoms with Crippen LogP contribution < -0.4 is 10.1 Å². The molecule has 29 heavy (non-hydrogen) atoms. The summed E-state index contributed by atoms with van der Waals surface area (Å²) in [5.74, 6) is -0.489. The Bertz CT molecular complexity index is 898. The number of pyridine rings is 1. The quantitative estimate of drug-likeness (QED) is 0.845. The van der Waals surface area contributed by atoms with E-state index in [1.807, 2.05) is 13.8 Å². The summed E-state index contributed by atoms with van der Waals surface area (Å²) in [4.78, 5) is 30.9. The Hall–Kier alpha value is -3.10. The number of benzene rings is 1. The van der Waals surface area contributed by atoms with Crippen LogP contribution >= 0.6 is 0 Å². The minimum absolute atomic E-state index is 0.109. The average Bonchev–Trinajstić information content (AvgIpc) is 2.66. The highest BCUT2D eigenvalue weighted by Crippen LogP contribution is 2.32. The highest BCUT2D eigenvalue weighted by atomic mass is 19.4. The summed E-state index contributed by atoms with van der Waals surface area (Å²) < 4.78 is 44.0. The van der Waals surface area contributed by atoms with Gasteiger partial charge in [0.05, 0.1) is 23.4 Å². The Morgan fingerprint density at radius 3 is 2.55 bits per heavy atom. The van der Waals surface area contributed by atoms with Crippen molar-refractivity contribution >= 4 is 11.8 Å². The molecule has 2 heterocycles. The van der Waals surface area contributed by atoms with Crippen LogP contribution in [0.2, 0.25) is 0 Å². The third-order valence-corrected chi connectivity index (χ3v) is 4.36. The molecule has 1 aliphatic rings. The molecule has 3 rings (SSSR count). The van der Waals surface area contributed by atoms with Crippen LogP contribution in [0.1, 0.15) is 41.4 Å². The van der Waals surface area contributed by atoms with E-state index in [4.69, 9.17) is 4.74 Å². The third kappa shape index (κ3) is 4.67. The summed E-state index contributed by atoms with van der Waals surface area (Å²) in [7, 11) is 0. The monoisotopic (exact) mass is 407 g/mol. The number of amides is 2. The molecule has 1 unspecified atom stereocenters. The number of halogens is 3. The van der Waals surface area contributed by atoms with Crippen molar-refractivity contribution in [3.05, 3.63) is 59.4 Å². The van der Waals surface area contributed by atoms with Gasteiger partial charge in [-0.1, -0.05) is 12.1 Å². The number of carbonyl (C=O) groups excluding carboxylic acids is 2. The van der Waals surface area contributed by atoms with E-state index in [9.17, 15) is 22.8 Å². The van der Waals surface area contributed by atoms with Crippen LogP contribution in [0, 0.1) is 0 Å². The Kier molecular flexibility index (Phi) is 5.76. The van der Waals surface area contributed by atoms with Gasteiger partial charge in [-0.15, -0.1) is 0 Å². The van der Waals surface area contributed by atoms with Gasteiger partial charge in [0.2, 0.25) is 5.91 Å². The number of ether oxygens (including phenoxy) is 1. The Morgan fingerprint density at radius 2 is 1.93 bits per heavy atom. The first-order valence-corrected chi connectivity index (χ1v) is 9.04. The molecule has 1 saturated heterocycles. The maximum Gasteiger partial charge on any atom is 0.416 e. The number of nitrogens with one attached hydrogen (secondary N) is 1. The SMILES string of the molecule is CC(C)Oc1cncc(C(=O)N2CCNC(=O)C2c2ccc(C(F)(F)F)cc2)c1. The fraction of sp³-hybridized carbons (Fsp3) is 0.350. The van der Waals surface area contributed by atoms with Gasteiger partial charge < -0.3 is 15.0 Å². The first-order valence-electron chi connectivity index (χ1n) is 9.04. The lowest BCUT2D eigenvalue weighted by Crippen LogP contribution is -2.52. The fourth-order valence-electron chi connectivity index (χ4n) is 3.11. The number of nitrogens with zero attached hydrogens (tertiary/aromatic N) is 2. The van der Waals surface area contributed by atoms with E-state index < -0.39 is 29.6 Å². The van der Waals surface area contributed by atoms with E-state index in [1.165, 1.54) is 35.5 Å². The van der Waals surface area contributed by atoms with Crippen molar-refractivity contribution in [2.75, 3.05) is 13.1 Å². The topological polar surface area (TPSA) is 71.5 Å². The summed E-state index contributed by atoms with van der Waals surface area (Å²) >= 11 is 0. The van der Waals surface area contributed by atoms with Gasteiger partial charge in [-0.3, -0.25) is 14.6 Å². The lowest BCUT2D eigenvalue weighted by molar-refractivity contribution is -0.137. The predicted molar refractivity (Wildman–Crippen MR) is 98.2 cm³/mol. The van der Waals surface area contributed by atoms with Crippen molar-refractivity contribution in [1.82, 2.24) is 15.2 Å². The number of aromatic nitrogens is 1. The van der Waals surface area contributed by atoms with Crippen LogP contribution in [0.15, 0.2) is 42.7 Å². The zero-order chi connectivity index (χ0) is 21.2. The molecule has 1 aromatic heterocycles. The van der Waals surface area contributed by atoms with Crippen LogP contribution in [-0.2, 0) is 11.0 Å². The van der Waals surface area contributed by atoms with Crippen LogP contribution in [0.5, 0.6) is 5.75 Å².